The van der Waals surface area contributed by atoms with Gasteiger partial charge in [0.15, 0.2) is 52.4 Å². The summed E-state index contributed by atoms with van der Waals surface area (Å²) in [5.41, 5.74) is 43.5. The van der Waals surface area contributed by atoms with Crippen LogP contribution in [-0.4, -0.2) is 44.9 Å². The van der Waals surface area contributed by atoms with Gasteiger partial charge in [-0.25, -0.2) is 44.9 Å². The minimum Gasteiger partial charge on any atom is -0.208 e. The average Bonchev–Trinajstić information content (AvgIpc) is 1.62. The Morgan fingerprint density at radius 2 is 0.241 bits per heavy atom. The van der Waals surface area contributed by atoms with Gasteiger partial charge >= 0.3 is 0 Å². The Kier molecular flexibility index (Phi) is 23.2. The Balaban J connectivity index is 0.000000115. The van der Waals surface area contributed by atoms with Crippen LogP contribution in [-0.2, 0) is 19.3 Å². The predicted octanol–water partition coefficient (Wildman–Crippen LogP) is 32.7. The van der Waals surface area contributed by atoms with Crippen LogP contribution in [0.3, 0.4) is 0 Å². The smallest absolute Gasteiger partial charge is 0.164 e. The Morgan fingerprint density at radius 3 is 0.511 bits per heavy atom. The van der Waals surface area contributed by atoms with Crippen molar-refractivity contribution in [1.82, 2.24) is 44.9 Å². The lowest BCUT2D eigenvalue weighted by Gasteiger charge is -2.12. The molecule has 0 saturated heterocycles. The van der Waals surface area contributed by atoms with Gasteiger partial charge in [0.2, 0.25) is 0 Å². The van der Waals surface area contributed by atoms with Gasteiger partial charge in [0.05, 0.1) is 0 Å². The first-order chi connectivity index (χ1) is 69.9. The maximum Gasteiger partial charge on any atom is 0.164 e. The first-order valence-electron chi connectivity index (χ1n) is 47.9. The van der Waals surface area contributed by atoms with E-state index in [9.17, 15) is 0 Å². The first-order valence-corrected chi connectivity index (χ1v) is 47.9. The fourth-order valence-electron chi connectivity index (χ4n) is 20.2. The largest absolute Gasteiger partial charge is 0.208 e. The van der Waals surface area contributed by atoms with Crippen LogP contribution in [0.15, 0.2) is 504 Å². The van der Waals surface area contributed by atoms with E-state index >= 15 is 0 Å². The van der Waals surface area contributed by atoms with Gasteiger partial charge in [-0.3, -0.25) is 0 Å². The average molecular weight is 1800 g/mol. The summed E-state index contributed by atoms with van der Waals surface area (Å²) >= 11 is 0. The molecule has 0 radical (unpaired) electrons. The summed E-state index contributed by atoms with van der Waals surface area (Å²) in [5.74, 6) is 5.98. The van der Waals surface area contributed by atoms with Gasteiger partial charge in [-0.1, -0.05) is 479 Å². The second kappa shape index (κ2) is 38.3. The maximum absolute atomic E-state index is 5.21. The van der Waals surface area contributed by atoms with Crippen molar-refractivity contribution in [2.45, 2.75) is 19.3 Å². The van der Waals surface area contributed by atoms with E-state index in [1.54, 1.807) is 0 Å². The van der Waals surface area contributed by atoms with Crippen molar-refractivity contribution in [3.05, 3.63) is 537 Å². The van der Waals surface area contributed by atoms with E-state index in [0.717, 1.165) is 114 Å². The fourth-order valence-corrected chi connectivity index (χ4v) is 20.2. The van der Waals surface area contributed by atoms with E-state index in [2.05, 4.69) is 419 Å². The molecular weight excluding hydrogens is 1710 g/mol. The highest BCUT2D eigenvalue weighted by atomic mass is 15.1. The first kappa shape index (κ1) is 85.4. The van der Waals surface area contributed by atoms with Crippen molar-refractivity contribution in [2.75, 3.05) is 0 Å². The summed E-state index contributed by atoms with van der Waals surface area (Å²) in [5, 5.41) is 0. The van der Waals surface area contributed by atoms with Crippen molar-refractivity contribution in [1.29, 1.82) is 0 Å². The van der Waals surface area contributed by atoms with Crippen molar-refractivity contribution < 1.29 is 0 Å². The van der Waals surface area contributed by atoms with Crippen LogP contribution in [0.1, 0.15) is 33.4 Å². The molecule has 0 saturated carbocycles. The van der Waals surface area contributed by atoms with E-state index in [4.69, 9.17) is 44.9 Å². The Morgan fingerprint density at radius 1 is 0.0922 bits per heavy atom. The molecule has 0 spiro atoms. The molecule has 0 bridgehead atoms. The summed E-state index contributed by atoms with van der Waals surface area (Å²) in [6.45, 7) is 0. The van der Waals surface area contributed by atoms with E-state index in [-0.39, 0.29) is 0 Å². The molecule has 141 heavy (non-hydrogen) atoms. The third-order valence-corrected chi connectivity index (χ3v) is 27.1. The van der Waals surface area contributed by atoms with Crippen LogP contribution in [0.25, 0.3) is 225 Å². The molecule has 26 rings (SSSR count). The quantitative estimate of drug-likeness (QED) is 0.0879. The molecule has 20 aromatic carbocycles. The molecule has 3 aliphatic carbocycles. The Hall–Kier alpha value is -18.6. The third kappa shape index (κ3) is 17.4. The summed E-state index contributed by atoms with van der Waals surface area (Å²) in [7, 11) is 0. The zero-order valence-corrected chi connectivity index (χ0v) is 77.1. The lowest BCUT2D eigenvalue weighted by atomic mass is 9.94. The summed E-state index contributed by atoms with van der Waals surface area (Å²) in [6.07, 6.45) is 2.53. The molecule has 662 valence electrons. The van der Waals surface area contributed by atoms with E-state index < -0.39 is 0 Å². The summed E-state index contributed by atoms with van der Waals surface area (Å²) in [6, 6.07) is 176. The molecule has 0 atom stereocenters. The van der Waals surface area contributed by atoms with Crippen LogP contribution in [0.2, 0.25) is 0 Å². The minimum absolute atomic E-state index is 0.654. The molecule has 3 heterocycles. The monoisotopic (exact) mass is 1800 g/mol. The van der Waals surface area contributed by atoms with Crippen LogP contribution >= 0.6 is 0 Å². The number of hydrogen-bond donors (Lipinski definition) is 0. The fraction of sp³-hybridized carbons (Fsp3) is 0.0227. The standard InChI is InChI=1S/2C46H31N3.C40H27N3/c1-4-14-31(15-5-1)34-20-10-22-36(28-34)44-47-45(37-23-11-21-35(29-37)32-16-6-2-7-17-32)49-46(48-44)41-27-13-26-40-39-25-12-24-38(42(39)30-43(40)41)33-18-8-3-9-19-33;1-4-13-31(14-5-1)33-25-27-35(28-26-33)44-47-45(37-20-10-19-36(29-37)32-15-6-2-7-16-32)49-46(48-44)41-24-12-23-40-39-22-11-21-38(42(39)30-43(40)41)34-17-8-3-9-18-34;1-4-13-27(14-5-1)32-21-11-23-34-35-24-12-22-33(37(35)26-36(32)34)30-19-10-20-31(25-30)40-42-38(28-15-6-2-7-16-28)41-39(43-40)29-17-8-3-9-18-29/h2*1-29H,30H2;1-25H,26H2. The summed E-state index contributed by atoms with van der Waals surface area (Å²) < 4.78 is 0. The third-order valence-electron chi connectivity index (χ3n) is 27.1. The van der Waals surface area contributed by atoms with Crippen LogP contribution < -0.4 is 0 Å². The molecule has 23 aromatic rings. The van der Waals surface area contributed by atoms with Gasteiger partial charge in [-0.15, -0.1) is 0 Å². The van der Waals surface area contributed by atoms with Crippen LogP contribution in [0, 0.1) is 0 Å². The van der Waals surface area contributed by atoms with Crippen LogP contribution in [0.5, 0.6) is 0 Å². The lowest BCUT2D eigenvalue weighted by molar-refractivity contribution is 1.07. The van der Waals surface area contributed by atoms with Gasteiger partial charge in [0.25, 0.3) is 0 Å². The van der Waals surface area contributed by atoms with Gasteiger partial charge in [-0.2, -0.15) is 0 Å². The number of nitrogens with zero attached hydrogens (tertiary/aromatic N) is 9. The molecule has 3 aliphatic rings. The normalized spacial score (nSPS) is 11.6. The van der Waals surface area contributed by atoms with Crippen molar-refractivity contribution in [3.63, 3.8) is 0 Å². The van der Waals surface area contributed by atoms with Crippen LogP contribution in [0.4, 0.5) is 0 Å². The number of rotatable bonds is 17. The number of benzene rings is 20. The number of fused-ring (bicyclic) bond motifs is 9. The van der Waals surface area contributed by atoms with E-state index in [1.807, 2.05) is 84.9 Å². The highest BCUT2D eigenvalue weighted by Gasteiger charge is 2.31. The molecular formula is C132H89N9. The Labute approximate surface area is 820 Å². The topological polar surface area (TPSA) is 116 Å². The maximum atomic E-state index is 5.21. The minimum atomic E-state index is 0.654. The second-order valence-corrected chi connectivity index (χ2v) is 35.6. The molecule has 0 unspecified atom stereocenters. The number of hydrogen-bond acceptors (Lipinski definition) is 9. The zero-order chi connectivity index (χ0) is 93.7. The highest BCUT2D eigenvalue weighted by Crippen LogP contribution is 2.50. The molecule has 0 aliphatic heterocycles. The van der Waals surface area contributed by atoms with E-state index in [0.29, 0.717) is 52.4 Å². The Bertz CT molecular complexity index is 8410. The lowest BCUT2D eigenvalue weighted by Crippen LogP contribution is -2.02. The molecule has 0 N–H and O–H groups in total. The van der Waals surface area contributed by atoms with Crippen molar-refractivity contribution in [2.24, 2.45) is 0 Å². The highest BCUT2D eigenvalue weighted by molar-refractivity contribution is 5.94. The van der Waals surface area contributed by atoms with Gasteiger partial charge in [0, 0.05) is 62.9 Å². The number of aromatic nitrogens is 9. The van der Waals surface area contributed by atoms with Crippen molar-refractivity contribution >= 4 is 0 Å². The summed E-state index contributed by atoms with van der Waals surface area (Å²) in [4.78, 5) is 45.8. The van der Waals surface area contributed by atoms with E-state index in [1.165, 1.54) is 111 Å². The molecule has 9 nitrogen and oxygen atoms in total. The molecule has 0 amide bonds. The molecule has 0 fully saturated rings. The van der Waals surface area contributed by atoms with Gasteiger partial charge in [-0.05, 0) is 186 Å². The molecule has 9 heteroatoms. The van der Waals surface area contributed by atoms with Gasteiger partial charge < -0.3 is 0 Å². The predicted molar refractivity (Wildman–Crippen MR) is 577 cm³/mol. The zero-order valence-electron chi connectivity index (χ0n) is 77.1. The van der Waals surface area contributed by atoms with Gasteiger partial charge in [0.1, 0.15) is 0 Å². The molecule has 3 aromatic heterocycles. The second-order valence-electron chi connectivity index (χ2n) is 35.6. The SMILES string of the molecule is c1ccc(-c2ccc(-c3nc(-c4cccc(-c5ccccc5)c4)nc(-c4cccc5c4Cc4c(-c6ccccc6)cccc4-5)n3)cc2)cc1.c1ccc(-c2cccc(-c3nc(-c4cccc(-c5ccccc5)c4)nc(-c4cccc5c4Cc4c(-c6ccccc6)cccc4-5)n3)c2)cc1.c1ccc(-c2nc(-c3ccccc3)nc(-c3cccc(-c4cccc5c4Cc4c(-c6ccccc6)cccc4-5)c3)n2)cc1. The van der Waals surface area contributed by atoms with Crippen molar-refractivity contribution in [3.8, 4) is 225 Å².